The van der Waals surface area contributed by atoms with Crippen molar-refractivity contribution in [2.24, 2.45) is 0 Å². The van der Waals surface area contributed by atoms with Crippen LogP contribution in [0.3, 0.4) is 0 Å². The van der Waals surface area contributed by atoms with E-state index in [0.29, 0.717) is 18.0 Å². The first-order valence-corrected chi connectivity index (χ1v) is 9.12. The summed E-state index contributed by atoms with van der Waals surface area (Å²) in [7, 11) is 0. The standard InChI is InChI=1S/C23H25N3O/c1-16-5-3-6-18(11-16)7-4-10-27-21-12-20(14-26-15-21)19-8-9-23(25)22(13-19)17(2)24/h3,5-6,8-9,11-15,24H,4,7,10,25H2,1-2H3. The molecule has 0 fully saturated rings. The fourth-order valence-electron chi connectivity index (χ4n) is 3.05. The van der Waals surface area contributed by atoms with Crippen molar-refractivity contribution in [1.29, 1.82) is 5.41 Å². The molecule has 0 spiro atoms. The van der Waals surface area contributed by atoms with E-state index in [2.05, 4.69) is 36.2 Å². The number of hydrogen-bond acceptors (Lipinski definition) is 4. The zero-order chi connectivity index (χ0) is 19.2. The van der Waals surface area contributed by atoms with Gasteiger partial charge in [-0.05, 0) is 56.0 Å². The molecule has 1 heterocycles. The first-order chi connectivity index (χ1) is 13.0. The summed E-state index contributed by atoms with van der Waals surface area (Å²) in [4.78, 5) is 4.30. The van der Waals surface area contributed by atoms with Gasteiger partial charge in [-0.2, -0.15) is 0 Å². The molecule has 0 radical (unpaired) electrons. The number of aromatic nitrogens is 1. The molecular formula is C23H25N3O. The number of anilines is 1. The summed E-state index contributed by atoms with van der Waals surface area (Å²) >= 11 is 0. The molecule has 138 valence electrons. The third-order valence-corrected chi connectivity index (χ3v) is 4.46. The molecule has 0 aliphatic rings. The van der Waals surface area contributed by atoms with Crippen molar-refractivity contribution in [3.63, 3.8) is 0 Å². The van der Waals surface area contributed by atoms with Crippen LogP contribution in [0.25, 0.3) is 11.1 Å². The second-order valence-corrected chi connectivity index (χ2v) is 6.78. The number of nitrogens with two attached hydrogens (primary N) is 1. The number of pyridine rings is 1. The van der Waals surface area contributed by atoms with Crippen LogP contribution in [0.1, 0.15) is 30.0 Å². The number of nitrogens with one attached hydrogen (secondary N) is 1. The van der Waals surface area contributed by atoms with Crippen LogP contribution in [0.4, 0.5) is 5.69 Å². The molecule has 0 saturated carbocycles. The van der Waals surface area contributed by atoms with Gasteiger partial charge < -0.3 is 15.9 Å². The van der Waals surface area contributed by atoms with Crippen molar-refractivity contribution < 1.29 is 4.74 Å². The van der Waals surface area contributed by atoms with Gasteiger partial charge in [0.25, 0.3) is 0 Å². The molecular weight excluding hydrogens is 334 g/mol. The lowest BCUT2D eigenvalue weighted by Gasteiger charge is -2.10. The summed E-state index contributed by atoms with van der Waals surface area (Å²) in [5.41, 5.74) is 12.3. The molecule has 0 atom stereocenters. The molecule has 1 aromatic heterocycles. The maximum atomic E-state index is 7.85. The first kappa shape index (κ1) is 18.6. The number of nitrogen functional groups attached to an aromatic ring is 1. The molecule has 0 saturated heterocycles. The Morgan fingerprint density at radius 3 is 2.70 bits per heavy atom. The predicted octanol–water partition coefficient (Wildman–Crippen LogP) is 5.04. The Labute approximate surface area is 160 Å². The second-order valence-electron chi connectivity index (χ2n) is 6.78. The Kier molecular flexibility index (Phi) is 5.87. The average molecular weight is 359 g/mol. The SMILES string of the molecule is CC(=N)c1cc(-c2cncc(OCCCc3cccc(C)c3)c2)ccc1N. The van der Waals surface area contributed by atoms with Crippen LogP contribution < -0.4 is 10.5 Å². The summed E-state index contributed by atoms with van der Waals surface area (Å²) in [6.45, 7) is 4.49. The monoisotopic (exact) mass is 359 g/mol. The van der Waals surface area contributed by atoms with Crippen LogP contribution in [0.5, 0.6) is 5.75 Å². The van der Waals surface area contributed by atoms with Gasteiger partial charge in [0, 0.05) is 28.7 Å². The minimum atomic E-state index is 0.450. The zero-order valence-electron chi connectivity index (χ0n) is 15.8. The molecule has 0 amide bonds. The number of hydrogen-bond donors (Lipinski definition) is 2. The third-order valence-electron chi connectivity index (χ3n) is 4.46. The lowest BCUT2D eigenvalue weighted by molar-refractivity contribution is 0.310. The summed E-state index contributed by atoms with van der Waals surface area (Å²) in [6.07, 6.45) is 5.48. The fraction of sp³-hybridized carbons (Fsp3) is 0.217. The quantitative estimate of drug-likeness (QED) is 0.353. The van der Waals surface area contributed by atoms with Gasteiger partial charge in [-0.3, -0.25) is 4.98 Å². The van der Waals surface area contributed by atoms with Crippen molar-refractivity contribution in [1.82, 2.24) is 4.98 Å². The third kappa shape index (κ3) is 4.94. The van der Waals surface area contributed by atoms with E-state index in [4.69, 9.17) is 15.9 Å². The van der Waals surface area contributed by atoms with Crippen LogP contribution in [-0.4, -0.2) is 17.3 Å². The van der Waals surface area contributed by atoms with Crippen LogP contribution in [-0.2, 0) is 6.42 Å². The van der Waals surface area contributed by atoms with Gasteiger partial charge in [-0.1, -0.05) is 35.9 Å². The van der Waals surface area contributed by atoms with E-state index in [9.17, 15) is 0 Å². The number of ether oxygens (including phenoxy) is 1. The van der Waals surface area contributed by atoms with E-state index in [0.717, 1.165) is 35.3 Å². The molecule has 3 rings (SSSR count). The summed E-state index contributed by atoms with van der Waals surface area (Å²) in [5, 5.41) is 7.85. The van der Waals surface area contributed by atoms with Crippen LogP contribution in [0.2, 0.25) is 0 Å². The van der Waals surface area contributed by atoms with Crippen LogP contribution >= 0.6 is 0 Å². The smallest absolute Gasteiger partial charge is 0.138 e. The van der Waals surface area contributed by atoms with E-state index in [1.54, 1.807) is 19.3 Å². The molecule has 4 heteroatoms. The van der Waals surface area contributed by atoms with Crippen molar-refractivity contribution in [3.05, 3.63) is 77.6 Å². The van der Waals surface area contributed by atoms with Gasteiger partial charge in [0.05, 0.1) is 12.8 Å². The van der Waals surface area contributed by atoms with Crippen molar-refractivity contribution in [2.45, 2.75) is 26.7 Å². The molecule has 0 bridgehead atoms. The van der Waals surface area contributed by atoms with Gasteiger partial charge >= 0.3 is 0 Å². The van der Waals surface area contributed by atoms with E-state index in [1.165, 1.54) is 11.1 Å². The summed E-state index contributed by atoms with van der Waals surface area (Å²) < 4.78 is 5.89. The highest BCUT2D eigenvalue weighted by Gasteiger charge is 2.07. The number of benzene rings is 2. The van der Waals surface area contributed by atoms with Gasteiger partial charge in [0.2, 0.25) is 0 Å². The predicted molar refractivity (Wildman–Crippen MR) is 112 cm³/mol. The van der Waals surface area contributed by atoms with E-state index in [-0.39, 0.29) is 0 Å². The topological polar surface area (TPSA) is 72.0 Å². The summed E-state index contributed by atoms with van der Waals surface area (Å²) in [6, 6.07) is 16.3. The Hall–Kier alpha value is -3.14. The minimum absolute atomic E-state index is 0.450. The Balaban J connectivity index is 1.64. The molecule has 0 aliphatic heterocycles. The van der Waals surface area contributed by atoms with Crippen molar-refractivity contribution in [3.8, 4) is 16.9 Å². The van der Waals surface area contributed by atoms with E-state index < -0.39 is 0 Å². The van der Waals surface area contributed by atoms with Gasteiger partial charge in [0.15, 0.2) is 0 Å². The molecule has 3 N–H and O–H groups in total. The molecule has 0 aliphatic carbocycles. The molecule has 2 aromatic carbocycles. The molecule has 0 unspecified atom stereocenters. The highest BCUT2D eigenvalue weighted by Crippen LogP contribution is 2.26. The minimum Gasteiger partial charge on any atom is -0.492 e. The number of rotatable bonds is 7. The fourth-order valence-corrected chi connectivity index (χ4v) is 3.05. The van der Waals surface area contributed by atoms with Crippen molar-refractivity contribution >= 4 is 11.4 Å². The second kappa shape index (κ2) is 8.49. The normalized spacial score (nSPS) is 10.6. The Bertz CT molecular complexity index is 950. The maximum absolute atomic E-state index is 7.85. The number of nitrogens with zero attached hydrogens (tertiary/aromatic N) is 1. The maximum Gasteiger partial charge on any atom is 0.138 e. The van der Waals surface area contributed by atoms with Gasteiger partial charge in [-0.25, -0.2) is 0 Å². The first-order valence-electron chi connectivity index (χ1n) is 9.12. The Morgan fingerprint density at radius 2 is 1.93 bits per heavy atom. The highest BCUT2D eigenvalue weighted by molar-refractivity contribution is 6.02. The van der Waals surface area contributed by atoms with E-state index >= 15 is 0 Å². The van der Waals surface area contributed by atoms with E-state index in [1.807, 2.05) is 24.3 Å². The summed E-state index contributed by atoms with van der Waals surface area (Å²) in [5.74, 6) is 0.752. The van der Waals surface area contributed by atoms with Crippen LogP contribution in [0.15, 0.2) is 60.9 Å². The Morgan fingerprint density at radius 1 is 1.07 bits per heavy atom. The largest absolute Gasteiger partial charge is 0.492 e. The zero-order valence-corrected chi connectivity index (χ0v) is 15.8. The van der Waals surface area contributed by atoms with Gasteiger partial charge in [-0.15, -0.1) is 0 Å². The lowest BCUT2D eigenvalue weighted by atomic mass is 10.0. The highest BCUT2D eigenvalue weighted by atomic mass is 16.5. The molecule has 4 nitrogen and oxygen atoms in total. The number of aryl methyl sites for hydroxylation is 2. The lowest BCUT2D eigenvalue weighted by Crippen LogP contribution is -2.01. The van der Waals surface area contributed by atoms with Gasteiger partial charge in [0.1, 0.15) is 5.75 Å². The molecule has 3 aromatic rings. The average Bonchev–Trinajstić information content (AvgIpc) is 2.66. The van der Waals surface area contributed by atoms with Crippen LogP contribution in [0, 0.1) is 12.3 Å². The molecule has 27 heavy (non-hydrogen) atoms. The van der Waals surface area contributed by atoms with Crippen molar-refractivity contribution in [2.75, 3.05) is 12.3 Å².